The van der Waals surface area contributed by atoms with E-state index in [-0.39, 0.29) is 5.54 Å². The molecule has 0 aromatic heterocycles. The van der Waals surface area contributed by atoms with E-state index in [2.05, 4.69) is 20.8 Å². The minimum Gasteiger partial charge on any atom is -0.325 e. The Kier molecular flexibility index (Phi) is 4.43. The normalized spacial score (nSPS) is 33.6. The van der Waals surface area contributed by atoms with Gasteiger partial charge in [-0.25, -0.2) is 0 Å². The van der Waals surface area contributed by atoms with Crippen molar-refractivity contribution in [2.24, 2.45) is 17.6 Å². The summed E-state index contributed by atoms with van der Waals surface area (Å²) in [7, 11) is 0. The van der Waals surface area contributed by atoms with Crippen LogP contribution in [0.1, 0.15) is 65.7 Å². The van der Waals surface area contributed by atoms with Crippen molar-refractivity contribution < 1.29 is 0 Å². The molecule has 0 aromatic rings. The fraction of sp³-hybridized carbons (Fsp3) is 1.00. The number of nitrogens with two attached hydrogens (primary N) is 1. The highest BCUT2D eigenvalue weighted by Gasteiger charge is 2.31. The van der Waals surface area contributed by atoms with Crippen molar-refractivity contribution in [2.75, 3.05) is 0 Å². The van der Waals surface area contributed by atoms with Gasteiger partial charge in [0.15, 0.2) is 0 Å². The Morgan fingerprint density at radius 1 is 1.43 bits per heavy atom. The molecule has 0 radical (unpaired) electrons. The molecule has 2 atom stereocenters. The summed E-state index contributed by atoms with van der Waals surface area (Å²) in [4.78, 5) is 0. The lowest BCUT2D eigenvalue weighted by molar-refractivity contribution is 0.190. The molecule has 0 aromatic carbocycles. The zero-order valence-electron chi connectivity index (χ0n) is 10.2. The van der Waals surface area contributed by atoms with Crippen molar-refractivity contribution in [1.82, 2.24) is 0 Å². The maximum Gasteiger partial charge on any atom is 0.0156 e. The molecule has 14 heavy (non-hydrogen) atoms. The summed E-state index contributed by atoms with van der Waals surface area (Å²) in [5, 5.41) is 0. The topological polar surface area (TPSA) is 26.0 Å². The molecule has 2 unspecified atom stereocenters. The van der Waals surface area contributed by atoms with Gasteiger partial charge in [0, 0.05) is 5.54 Å². The van der Waals surface area contributed by atoms with E-state index in [4.69, 9.17) is 5.73 Å². The lowest BCUT2D eigenvalue weighted by atomic mass is 9.72. The smallest absolute Gasteiger partial charge is 0.0156 e. The number of hydrogen-bond acceptors (Lipinski definition) is 1. The maximum atomic E-state index is 6.44. The van der Waals surface area contributed by atoms with Crippen molar-refractivity contribution in [2.45, 2.75) is 71.3 Å². The molecule has 0 amide bonds. The monoisotopic (exact) mass is 197 g/mol. The Morgan fingerprint density at radius 3 is 2.71 bits per heavy atom. The van der Waals surface area contributed by atoms with Crippen molar-refractivity contribution >= 4 is 0 Å². The van der Waals surface area contributed by atoms with Gasteiger partial charge in [-0.3, -0.25) is 0 Å². The number of rotatable bonds is 4. The zero-order valence-corrected chi connectivity index (χ0v) is 10.2. The van der Waals surface area contributed by atoms with E-state index in [0.717, 1.165) is 11.8 Å². The van der Waals surface area contributed by atoms with Gasteiger partial charge in [0.1, 0.15) is 0 Å². The van der Waals surface area contributed by atoms with E-state index in [9.17, 15) is 0 Å². The van der Waals surface area contributed by atoms with Crippen LogP contribution in [-0.4, -0.2) is 5.54 Å². The molecule has 1 heteroatoms. The highest BCUT2D eigenvalue weighted by molar-refractivity contribution is 4.90. The Balaban J connectivity index is 2.42. The fourth-order valence-corrected chi connectivity index (χ4v) is 3.11. The Hall–Kier alpha value is -0.0400. The van der Waals surface area contributed by atoms with Gasteiger partial charge < -0.3 is 5.73 Å². The molecule has 1 fully saturated rings. The van der Waals surface area contributed by atoms with Gasteiger partial charge in [-0.1, -0.05) is 40.0 Å². The standard InChI is InChI=1S/C13H27N/c1-4-7-13(14)8-5-6-12(10-13)9-11(2)3/h11-12H,4-10,14H2,1-3H3. The average Bonchev–Trinajstić information content (AvgIpc) is 2.02. The van der Waals surface area contributed by atoms with Crippen molar-refractivity contribution in [3.63, 3.8) is 0 Å². The van der Waals surface area contributed by atoms with E-state index < -0.39 is 0 Å². The van der Waals surface area contributed by atoms with E-state index in [0.29, 0.717) is 0 Å². The summed E-state index contributed by atoms with van der Waals surface area (Å²) in [6.45, 7) is 6.90. The minimum atomic E-state index is 0.187. The second-order valence-corrected chi connectivity index (χ2v) is 5.70. The maximum absolute atomic E-state index is 6.44. The van der Waals surface area contributed by atoms with Crippen LogP contribution >= 0.6 is 0 Å². The number of hydrogen-bond donors (Lipinski definition) is 1. The quantitative estimate of drug-likeness (QED) is 0.730. The molecular formula is C13H27N. The summed E-state index contributed by atoms with van der Waals surface area (Å²) in [5.41, 5.74) is 6.62. The molecule has 2 N–H and O–H groups in total. The second-order valence-electron chi connectivity index (χ2n) is 5.70. The summed E-state index contributed by atoms with van der Waals surface area (Å²) in [5.74, 6) is 1.74. The Bertz CT molecular complexity index is 161. The average molecular weight is 197 g/mol. The molecule has 1 aliphatic rings. The van der Waals surface area contributed by atoms with Gasteiger partial charge in [-0.15, -0.1) is 0 Å². The van der Waals surface area contributed by atoms with Crippen LogP contribution in [0.25, 0.3) is 0 Å². The summed E-state index contributed by atoms with van der Waals surface area (Å²) < 4.78 is 0. The molecule has 1 rings (SSSR count). The molecule has 0 spiro atoms. The predicted octanol–water partition coefficient (Wildman–Crippen LogP) is 3.72. The summed E-state index contributed by atoms with van der Waals surface area (Å²) in [6, 6.07) is 0. The highest BCUT2D eigenvalue weighted by atomic mass is 14.7. The van der Waals surface area contributed by atoms with E-state index in [1.807, 2.05) is 0 Å². The van der Waals surface area contributed by atoms with Gasteiger partial charge in [-0.2, -0.15) is 0 Å². The van der Waals surface area contributed by atoms with Crippen LogP contribution in [0.15, 0.2) is 0 Å². The molecule has 0 bridgehead atoms. The first-order valence-electron chi connectivity index (χ1n) is 6.34. The lowest BCUT2D eigenvalue weighted by Gasteiger charge is -2.38. The molecule has 1 saturated carbocycles. The predicted molar refractivity (Wildman–Crippen MR) is 63.2 cm³/mol. The molecule has 0 saturated heterocycles. The largest absolute Gasteiger partial charge is 0.325 e. The summed E-state index contributed by atoms with van der Waals surface area (Å²) >= 11 is 0. The highest BCUT2D eigenvalue weighted by Crippen LogP contribution is 2.36. The third kappa shape index (κ3) is 3.61. The molecule has 0 aliphatic heterocycles. The first-order chi connectivity index (χ1) is 6.56. The summed E-state index contributed by atoms with van der Waals surface area (Å²) in [6.07, 6.45) is 9.15. The zero-order chi connectivity index (χ0) is 10.6. The first-order valence-corrected chi connectivity index (χ1v) is 6.34. The van der Waals surface area contributed by atoms with Crippen LogP contribution < -0.4 is 5.73 Å². The van der Waals surface area contributed by atoms with Gasteiger partial charge in [-0.05, 0) is 37.5 Å². The van der Waals surface area contributed by atoms with Crippen molar-refractivity contribution in [1.29, 1.82) is 0 Å². The SMILES string of the molecule is CCCC1(N)CCCC(CC(C)C)C1. The molecule has 1 aliphatic carbocycles. The fourth-order valence-electron chi connectivity index (χ4n) is 3.11. The Morgan fingerprint density at radius 2 is 2.14 bits per heavy atom. The molecule has 1 nitrogen and oxygen atoms in total. The van der Waals surface area contributed by atoms with Crippen LogP contribution in [0.3, 0.4) is 0 Å². The van der Waals surface area contributed by atoms with Gasteiger partial charge in [0.25, 0.3) is 0 Å². The van der Waals surface area contributed by atoms with Crippen molar-refractivity contribution in [3.05, 3.63) is 0 Å². The van der Waals surface area contributed by atoms with Crippen molar-refractivity contribution in [3.8, 4) is 0 Å². The van der Waals surface area contributed by atoms with Crippen LogP contribution in [0, 0.1) is 11.8 Å². The molecular weight excluding hydrogens is 170 g/mol. The second kappa shape index (κ2) is 5.16. The Labute approximate surface area is 89.5 Å². The van der Waals surface area contributed by atoms with E-state index in [1.54, 1.807) is 0 Å². The van der Waals surface area contributed by atoms with E-state index in [1.165, 1.54) is 44.9 Å². The van der Waals surface area contributed by atoms with E-state index >= 15 is 0 Å². The lowest BCUT2D eigenvalue weighted by Crippen LogP contribution is -2.44. The first kappa shape index (κ1) is 12.0. The van der Waals surface area contributed by atoms with Gasteiger partial charge in [0.2, 0.25) is 0 Å². The van der Waals surface area contributed by atoms with Crippen LogP contribution in [0.2, 0.25) is 0 Å². The van der Waals surface area contributed by atoms with Gasteiger partial charge >= 0.3 is 0 Å². The third-order valence-electron chi connectivity index (χ3n) is 3.53. The molecule has 84 valence electrons. The van der Waals surface area contributed by atoms with Crippen LogP contribution in [-0.2, 0) is 0 Å². The van der Waals surface area contributed by atoms with Crippen LogP contribution in [0.5, 0.6) is 0 Å². The molecule has 0 heterocycles. The minimum absolute atomic E-state index is 0.187. The van der Waals surface area contributed by atoms with Crippen LogP contribution in [0.4, 0.5) is 0 Å². The van der Waals surface area contributed by atoms with Gasteiger partial charge in [0.05, 0.1) is 0 Å². The third-order valence-corrected chi connectivity index (χ3v) is 3.53.